The molecule has 0 amide bonds. The van der Waals surface area contributed by atoms with Gasteiger partial charge in [-0.25, -0.2) is 0 Å². The number of fused-ring (bicyclic) bond motifs is 1. The van der Waals surface area contributed by atoms with Gasteiger partial charge in [0.1, 0.15) is 18.4 Å². The van der Waals surface area contributed by atoms with E-state index in [1.54, 1.807) is 26.5 Å². The Kier molecular flexibility index (Phi) is 7.18. The van der Waals surface area contributed by atoms with Crippen molar-refractivity contribution in [3.63, 3.8) is 0 Å². The number of pyridine rings is 2. The lowest BCUT2D eigenvalue weighted by atomic mass is 10.1. The van der Waals surface area contributed by atoms with Crippen LogP contribution in [-0.4, -0.2) is 24.2 Å². The predicted molar refractivity (Wildman–Crippen MR) is 144 cm³/mol. The number of methoxy groups -OCH3 is 2. The van der Waals surface area contributed by atoms with E-state index in [4.69, 9.17) is 18.9 Å². The molecular weight excluding hydrogens is 480 g/mol. The van der Waals surface area contributed by atoms with Crippen LogP contribution in [0.1, 0.15) is 11.3 Å². The van der Waals surface area contributed by atoms with Crippen molar-refractivity contribution in [2.75, 3.05) is 19.5 Å². The van der Waals surface area contributed by atoms with Gasteiger partial charge < -0.3 is 24.3 Å². The van der Waals surface area contributed by atoms with Crippen LogP contribution < -0.4 is 24.3 Å². The summed E-state index contributed by atoms with van der Waals surface area (Å²) in [4.78, 5) is 8.76. The van der Waals surface area contributed by atoms with E-state index in [1.165, 1.54) is 6.20 Å². The van der Waals surface area contributed by atoms with Crippen molar-refractivity contribution >= 4 is 22.3 Å². The molecule has 2 aromatic heterocycles. The first-order valence-corrected chi connectivity index (χ1v) is 11.8. The Hall–Kier alpha value is -5.29. The molecule has 0 saturated heterocycles. The fourth-order valence-electron chi connectivity index (χ4n) is 3.91. The molecule has 3 aromatic carbocycles. The van der Waals surface area contributed by atoms with E-state index in [9.17, 15) is 5.26 Å². The zero-order valence-corrected chi connectivity index (χ0v) is 20.8. The SMILES string of the molecule is COc1cc2ncc(C#N)c(Nc3ccc(Oc4ccccc4OC)cc3)c2cc1OCc1ccccn1. The summed E-state index contributed by atoms with van der Waals surface area (Å²) in [6.45, 7) is 0.268. The van der Waals surface area contributed by atoms with Crippen molar-refractivity contribution in [3.8, 4) is 34.8 Å². The normalized spacial score (nSPS) is 10.4. The van der Waals surface area contributed by atoms with E-state index in [2.05, 4.69) is 21.4 Å². The third kappa shape index (κ3) is 5.27. The Morgan fingerprint density at radius 3 is 2.29 bits per heavy atom. The molecule has 188 valence electrons. The topological polar surface area (TPSA) is 98.5 Å². The zero-order valence-electron chi connectivity index (χ0n) is 20.8. The first-order valence-electron chi connectivity index (χ1n) is 11.8. The largest absolute Gasteiger partial charge is 0.493 e. The summed E-state index contributed by atoms with van der Waals surface area (Å²) in [7, 11) is 3.18. The van der Waals surface area contributed by atoms with Crippen molar-refractivity contribution in [1.82, 2.24) is 9.97 Å². The van der Waals surface area contributed by atoms with E-state index >= 15 is 0 Å². The molecule has 0 atom stereocenters. The molecule has 5 rings (SSSR count). The fraction of sp³-hybridized carbons (Fsp3) is 0.100. The lowest BCUT2D eigenvalue weighted by molar-refractivity contribution is 0.281. The third-order valence-corrected chi connectivity index (χ3v) is 5.80. The van der Waals surface area contributed by atoms with E-state index in [0.717, 1.165) is 16.8 Å². The van der Waals surface area contributed by atoms with Gasteiger partial charge in [-0.3, -0.25) is 9.97 Å². The molecule has 0 radical (unpaired) electrons. The van der Waals surface area contributed by atoms with Gasteiger partial charge in [0.25, 0.3) is 0 Å². The lowest BCUT2D eigenvalue weighted by Gasteiger charge is -2.16. The molecule has 38 heavy (non-hydrogen) atoms. The van der Waals surface area contributed by atoms with Crippen LogP contribution in [0.25, 0.3) is 10.9 Å². The van der Waals surface area contributed by atoms with E-state index in [0.29, 0.717) is 45.5 Å². The summed E-state index contributed by atoms with van der Waals surface area (Å²) in [5, 5.41) is 13.9. The highest BCUT2D eigenvalue weighted by molar-refractivity contribution is 5.97. The zero-order chi connectivity index (χ0) is 26.3. The number of benzene rings is 3. The molecule has 0 aliphatic rings. The van der Waals surface area contributed by atoms with Gasteiger partial charge in [-0.15, -0.1) is 0 Å². The van der Waals surface area contributed by atoms with Crippen LogP contribution in [0.15, 0.2) is 91.3 Å². The Balaban J connectivity index is 1.44. The van der Waals surface area contributed by atoms with Gasteiger partial charge >= 0.3 is 0 Å². The molecule has 5 aromatic rings. The average Bonchev–Trinajstić information content (AvgIpc) is 2.97. The molecule has 0 fully saturated rings. The first-order chi connectivity index (χ1) is 18.7. The number of hydrogen-bond donors (Lipinski definition) is 1. The molecule has 2 heterocycles. The van der Waals surface area contributed by atoms with Gasteiger partial charge in [0.15, 0.2) is 23.0 Å². The maximum atomic E-state index is 9.81. The highest BCUT2D eigenvalue weighted by Crippen LogP contribution is 2.38. The van der Waals surface area contributed by atoms with Crippen molar-refractivity contribution < 1.29 is 18.9 Å². The molecule has 0 spiro atoms. The van der Waals surface area contributed by atoms with Gasteiger partial charge in [-0.05, 0) is 54.6 Å². The number of ether oxygens (including phenoxy) is 4. The number of anilines is 2. The summed E-state index contributed by atoms with van der Waals surface area (Å²) in [5.74, 6) is 2.97. The van der Waals surface area contributed by atoms with Crippen LogP contribution in [0.3, 0.4) is 0 Å². The molecule has 0 saturated carbocycles. The highest BCUT2D eigenvalue weighted by atomic mass is 16.5. The smallest absolute Gasteiger partial charge is 0.169 e. The van der Waals surface area contributed by atoms with E-state index < -0.39 is 0 Å². The van der Waals surface area contributed by atoms with Crippen molar-refractivity contribution in [3.05, 3.63) is 103 Å². The second-order valence-corrected chi connectivity index (χ2v) is 8.19. The number of hydrogen-bond acceptors (Lipinski definition) is 8. The molecule has 0 aliphatic carbocycles. The van der Waals surface area contributed by atoms with Gasteiger partial charge in [0.05, 0.1) is 36.7 Å². The molecule has 8 heteroatoms. The summed E-state index contributed by atoms with van der Waals surface area (Å²) in [5.41, 5.74) is 3.22. The second kappa shape index (κ2) is 11.2. The Morgan fingerprint density at radius 1 is 0.816 bits per heavy atom. The Morgan fingerprint density at radius 2 is 1.58 bits per heavy atom. The molecule has 0 aliphatic heterocycles. The number of rotatable bonds is 9. The van der Waals surface area contributed by atoms with E-state index in [-0.39, 0.29) is 6.61 Å². The average molecular weight is 505 g/mol. The fourth-order valence-corrected chi connectivity index (χ4v) is 3.91. The van der Waals surface area contributed by atoms with Crippen molar-refractivity contribution in [2.45, 2.75) is 6.61 Å². The maximum absolute atomic E-state index is 9.81. The van der Waals surface area contributed by atoms with E-state index in [1.807, 2.05) is 72.8 Å². The van der Waals surface area contributed by atoms with Gasteiger partial charge in [-0.1, -0.05) is 18.2 Å². The van der Waals surface area contributed by atoms with Crippen molar-refractivity contribution in [1.29, 1.82) is 5.26 Å². The summed E-state index contributed by atoms with van der Waals surface area (Å²) in [6, 6.07) is 26.4. The predicted octanol–water partition coefficient (Wildman–Crippen LogP) is 6.63. The third-order valence-electron chi connectivity index (χ3n) is 5.80. The minimum Gasteiger partial charge on any atom is -0.493 e. The quantitative estimate of drug-likeness (QED) is 0.239. The van der Waals surface area contributed by atoms with Gasteiger partial charge in [0.2, 0.25) is 0 Å². The lowest BCUT2D eigenvalue weighted by Crippen LogP contribution is -2.01. The summed E-state index contributed by atoms with van der Waals surface area (Å²) in [6.07, 6.45) is 3.26. The molecule has 0 unspecified atom stereocenters. The number of nitrogens with zero attached hydrogens (tertiary/aromatic N) is 3. The minimum atomic E-state index is 0.268. The number of nitrogens with one attached hydrogen (secondary N) is 1. The Labute approximate surface area is 220 Å². The van der Waals surface area contributed by atoms with Crippen LogP contribution in [0.5, 0.6) is 28.7 Å². The second-order valence-electron chi connectivity index (χ2n) is 8.19. The van der Waals surface area contributed by atoms with Crippen molar-refractivity contribution in [2.24, 2.45) is 0 Å². The van der Waals surface area contributed by atoms with Crippen LogP contribution in [-0.2, 0) is 6.61 Å². The van der Waals surface area contributed by atoms with Crippen LogP contribution in [0.4, 0.5) is 11.4 Å². The maximum Gasteiger partial charge on any atom is 0.169 e. The van der Waals surface area contributed by atoms with Crippen LogP contribution in [0, 0.1) is 11.3 Å². The first kappa shape index (κ1) is 24.4. The highest BCUT2D eigenvalue weighted by Gasteiger charge is 2.15. The van der Waals surface area contributed by atoms with Gasteiger partial charge in [-0.2, -0.15) is 5.26 Å². The minimum absolute atomic E-state index is 0.268. The van der Waals surface area contributed by atoms with Crippen LogP contribution in [0.2, 0.25) is 0 Å². The monoisotopic (exact) mass is 504 g/mol. The molecule has 8 nitrogen and oxygen atoms in total. The number of nitriles is 1. The molecular formula is C30H24N4O4. The summed E-state index contributed by atoms with van der Waals surface area (Å²) < 4.78 is 22.9. The van der Waals surface area contributed by atoms with Crippen LogP contribution >= 0.6 is 0 Å². The number of para-hydroxylation sites is 2. The molecule has 0 bridgehead atoms. The standard InChI is InChI=1S/C30H24N4O4/c1-35-26-8-3-4-9-27(26)38-23-12-10-21(11-13-23)34-30-20(17-31)18-33-25-16-28(36-2)29(15-24(25)30)37-19-22-7-5-6-14-32-22/h3-16,18H,19H2,1-2H3,(H,33,34). The van der Waals surface area contributed by atoms with Gasteiger partial charge in [0, 0.05) is 29.5 Å². The summed E-state index contributed by atoms with van der Waals surface area (Å²) >= 11 is 0. The molecule has 1 N–H and O–H groups in total. The Bertz CT molecular complexity index is 1600. The number of aromatic nitrogens is 2.